The van der Waals surface area contributed by atoms with Crippen LogP contribution in [0, 0.1) is 0 Å². The number of anilines is 1. The van der Waals surface area contributed by atoms with Crippen molar-refractivity contribution in [2.75, 3.05) is 11.9 Å². The summed E-state index contributed by atoms with van der Waals surface area (Å²) in [5.41, 5.74) is 0.158. The molecule has 2 heterocycles. The van der Waals surface area contributed by atoms with Crippen molar-refractivity contribution in [2.24, 2.45) is 0 Å². The molecular formula is C21H19Cl2N3O3. The summed E-state index contributed by atoms with van der Waals surface area (Å²) in [6, 6.07) is 11.5. The van der Waals surface area contributed by atoms with Gasteiger partial charge in [-0.15, -0.1) is 0 Å². The maximum absolute atomic E-state index is 13.5. The Balaban J connectivity index is 1.73. The van der Waals surface area contributed by atoms with Gasteiger partial charge in [0.25, 0.3) is 11.8 Å². The zero-order valence-corrected chi connectivity index (χ0v) is 17.4. The van der Waals surface area contributed by atoms with Crippen LogP contribution >= 0.6 is 23.2 Å². The Bertz CT molecular complexity index is 1040. The van der Waals surface area contributed by atoms with Gasteiger partial charge >= 0.3 is 0 Å². The highest BCUT2D eigenvalue weighted by Gasteiger charge is 2.59. The number of fused-ring (bicyclic) bond motifs is 3. The van der Waals surface area contributed by atoms with Crippen LogP contribution < -0.4 is 10.2 Å². The Morgan fingerprint density at radius 2 is 1.90 bits per heavy atom. The second kappa shape index (κ2) is 7.04. The van der Waals surface area contributed by atoms with Crippen LogP contribution in [0.3, 0.4) is 0 Å². The molecule has 1 fully saturated rings. The topological polar surface area (TPSA) is 69.7 Å². The van der Waals surface area contributed by atoms with Crippen molar-refractivity contribution < 1.29 is 14.4 Å². The van der Waals surface area contributed by atoms with E-state index in [9.17, 15) is 14.4 Å². The summed E-state index contributed by atoms with van der Waals surface area (Å²) in [4.78, 5) is 42.1. The van der Waals surface area contributed by atoms with E-state index in [0.29, 0.717) is 26.9 Å². The third kappa shape index (κ3) is 2.90. The Kier molecular flexibility index (Phi) is 4.79. The molecule has 2 aromatic rings. The normalized spacial score (nSPS) is 21.7. The summed E-state index contributed by atoms with van der Waals surface area (Å²) in [6.07, 6.45) is 0.394. The minimum Gasteiger partial charge on any atom is -0.346 e. The number of hydrogen-bond acceptors (Lipinski definition) is 3. The molecule has 6 nitrogen and oxygen atoms in total. The van der Waals surface area contributed by atoms with Gasteiger partial charge in [-0.3, -0.25) is 19.3 Å². The molecule has 0 unspecified atom stereocenters. The smallest absolute Gasteiger partial charge is 0.267 e. The Morgan fingerprint density at radius 3 is 2.62 bits per heavy atom. The van der Waals surface area contributed by atoms with E-state index in [1.54, 1.807) is 56.4 Å². The fourth-order valence-electron chi connectivity index (χ4n) is 4.17. The summed E-state index contributed by atoms with van der Waals surface area (Å²) in [7, 11) is 1.56. The largest absolute Gasteiger partial charge is 0.346 e. The van der Waals surface area contributed by atoms with Gasteiger partial charge < -0.3 is 10.2 Å². The molecule has 0 aliphatic carbocycles. The van der Waals surface area contributed by atoms with E-state index in [-0.39, 0.29) is 24.7 Å². The fraction of sp³-hybridized carbons (Fsp3) is 0.286. The van der Waals surface area contributed by atoms with Crippen molar-refractivity contribution in [3.8, 4) is 0 Å². The Hall–Kier alpha value is -2.57. The molecule has 2 aliphatic rings. The number of carbonyl (C=O) groups excluding carboxylic acids is 3. The van der Waals surface area contributed by atoms with Crippen LogP contribution in [0.4, 0.5) is 5.69 Å². The van der Waals surface area contributed by atoms with Gasteiger partial charge in [0.15, 0.2) is 0 Å². The number of benzene rings is 2. The molecule has 0 bridgehead atoms. The first-order chi connectivity index (χ1) is 13.8. The summed E-state index contributed by atoms with van der Waals surface area (Å²) < 4.78 is 0. The average molecular weight is 432 g/mol. The Morgan fingerprint density at radius 1 is 1.17 bits per heavy atom. The van der Waals surface area contributed by atoms with Crippen molar-refractivity contribution in [3.63, 3.8) is 0 Å². The van der Waals surface area contributed by atoms with Gasteiger partial charge in [-0.1, -0.05) is 41.4 Å². The standard InChI is InChI=1S/C21H19Cl2N3O3/c1-12(14-8-7-13(22)11-16(14)23)24-20(29)21-10-9-18(27)26(21)17-6-4-3-5-15(17)19(28)25(21)2/h3-8,11-12H,9-10H2,1-2H3,(H,24,29)/t12-,21-/m0/s1. The molecule has 150 valence electrons. The molecule has 4 rings (SSSR count). The molecule has 3 amide bonds. The molecular weight excluding hydrogens is 413 g/mol. The quantitative estimate of drug-likeness (QED) is 0.803. The minimum atomic E-state index is -1.41. The van der Waals surface area contributed by atoms with Crippen LogP contribution in [0.15, 0.2) is 42.5 Å². The van der Waals surface area contributed by atoms with E-state index >= 15 is 0 Å². The monoisotopic (exact) mass is 431 g/mol. The van der Waals surface area contributed by atoms with Crippen LogP contribution in [-0.4, -0.2) is 35.3 Å². The molecule has 0 saturated carbocycles. The van der Waals surface area contributed by atoms with Gasteiger partial charge in [-0.2, -0.15) is 0 Å². The summed E-state index contributed by atoms with van der Waals surface area (Å²) in [5.74, 6) is -0.907. The van der Waals surface area contributed by atoms with E-state index in [2.05, 4.69) is 5.32 Å². The van der Waals surface area contributed by atoms with Gasteiger partial charge in [0.1, 0.15) is 0 Å². The van der Waals surface area contributed by atoms with Gasteiger partial charge in [0.05, 0.1) is 17.3 Å². The molecule has 0 spiro atoms. The molecule has 0 aromatic heterocycles. The van der Waals surface area contributed by atoms with Crippen molar-refractivity contribution in [2.45, 2.75) is 31.5 Å². The number of carbonyl (C=O) groups is 3. The van der Waals surface area contributed by atoms with Gasteiger partial charge in [0.2, 0.25) is 11.6 Å². The molecule has 1 N–H and O–H groups in total. The summed E-state index contributed by atoms with van der Waals surface area (Å²) in [6.45, 7) is 1.80. The zero-order chi connectivity index (χ0) is 20.9. The lowest BCUT2D eigenvalue weighted by Gasteiger charge is -2.47. The van der Waals surface area contributed by atoms with E-state index in [1.807, 2.05) is 0 Å². The number of likely N-dealkylation sites (N-methyl/N-ethyl adjacent to an activating group) is 1. The van der Waals surface area contributed by atoms with Crippen molar-refractivity contribution >= 4 is 46.6 Å². The number of nitrogens with zero attached hydrogens (tertiary/aromatic N) is 2. The van der Waals surface area contributed by atoms with Crippen molar-refractivity contribution in [1.82, 2.24) is 10.2 Å². The third-order valence-corrected chi connectivity index (χ3v) is 6.24. The number of rotatable bonds is 3. The molecule has 8 heteroatoms. The highest BCUT2D eigenvalue weighted by molar-refractivity contribution is 6.35. The lowest BCUT2D eigenvalue weighted by atomic mass is 9.95. The van der Waals surface area contributed by atoms with Crippen LogP contribution in [0.25, 0.3) is 0 Å². The molecule has 1 saturated heterocycles. The zero-order valence-electron chi connectivity index (χ0n) is 15.9. The third-order valence-electron chi connectivity index (χ3n) is 5.68. The SMILES string of the molecule is C[C@H](NC(=O)[C@]12CCC(=O)N1c1ccccc1C(=O)N2C)c1ccc(Cl)cc1Cl. The van der Waals surface area contributed by atoms with Gasteiger partial charge in [-0.05, 0) is 36.8 Å². The van der Waals surface area contributed by atoms with Gasteiger partial charge in [0, 0.05) is 29.9 Å². The minimum absolute atomic E-state index is 0.176. The fourth-order valence-corrected chi connectivity index (χ4v) is 4.74. The lowest BCUT2D eigenvalue weighted by Crippen LogP contribution is -2.69. The van der Waals surface area contributed by atoms with Crippen molar-refractivity contribution in [1.29, 1.82) is 0 Å². The number of nitrogens with one attached hydrogen (secondary N) is 1. The van der Waals surface area contributed by atoms with E-state index in [0.717, 1.165) is 0 Å². The highest BCUT2D eigenvalue weighted by Crippen LogP contribution is 2.44. The first-order valence-corrected chi connectivity index (χ1v) is 9.99. The maximum Gasteiger partial charge on any atom is 0.267 e. The summed E-state index contributed by atoms with van der Waals surface area (Å²) >= 11 is 12.2. The van der Waals surface area contributed by atoms with E-state index in [4.69, 9.17) is 23.2 Å². The molecule has 2 atom stereocenters. The van der Waals surface area contributed by atoms with Crippen LogP contribution in [-0.2, 0) is 9.59 Å². The molecule has 29 heavy (non-hydrogen) atoms. The van der Waals surface area contributed by atoms with Crippen LogP contribution in [0.2, 0.25) is 10.0 Å². The van der Waals surface area contributed by atoms with Crippen molar-refractivity contribution in [3.05, 3.63) is 63.6 Å². The number of para-hydroxylation sites is 1. The molecule has 2 aromatic carbocycles. The number of amides is 3. The lowest BCUT2D eigenvalue weighted by molar-refractivity contribution is -0.133. The first kappa shape index (κ1) is 19.7. The Labute approximate surface area is 178 Å². The van der Waals surface area contributed by atoms with E-state index in [1.165, 1.54) is 9.80 Å². The predicted molar refractivity (Wildman–Crippen MR) is 111 cm³/mol. The summed E-state index contributed by atoms with van der Waals surface area (Å²) in [5, 5.41) is 3.87. The molecule has 2 aliphatic heterocycles. The predicted octanol–water partition coefficient (Wildman–Crippen LogP) is 3.78. The molecule has 0 radical (unpaired) electrons. The van der Waals surface area contributed by atoms with Crippen LogP contribution in [0.1, 0.15) is 41.7 Å². The van der Waals surface area contributed by atoms with Gasteiger partial charge in [-0.25, -0.2) is 0 Å². The highest BCUT2D eigenvalue weighted by atomic mass is 35.5. The number of hydrogen-bond donors (Lipinski definition) is 1. The first-order valence-electron chi connectivity index (χ1n) is 9.23. The average Bonchev–Trinajstić information content (AvgIpc) is 3.04. The maximum atomic E-state index is 13.5. The second-order valence-corrected chi connectivity index (χ2v) is 8.13. The number of halogens is 2. The van der Waals surface area contributed by atoms with E-state index < -0.39 is 17.6 Å². The van der Waals surface area contributed by atoms with Crippen LogP contribution in [0.5, 0.6) is 0 Å². The second-order valence-electron chi connectivity index (χ2n) is 7.29.